The minimum atomic E-state index is -4.59. The van der Waals surface area contributed by atoms with Crippen LogP contribution in [0.1, 0.15) is 51.6 Å². The van der Waals surface area contributed by atoms with Crippen molar-refractivity contribution in [2.45, 2.75) is 70.7 Å². The van der Waals surface area contributed by atoms with Crippen LogP contribution in [-0.2, 0) is 11.2 Å². The van der Waals surface area contributed by atoms with E-state index in [9.17, 15) is 18.3 Å². The number of aliphatic hydroxyl groups excluding tert-OH is 1. The highest BCUT2D eigenvalue weighted by Crippen LogP contribution is 2.31. The highest BCUT2D eigenvalue weighted by atomic mass is 35.5. The lowest BCUT2D eigenvalue weighted by Gasteiger charge is -2.30. The van der Waals surface area contributed by atoms with Crippen LogP contribution < -0.4 is 10.6 Å². The quantitative estimate of drug-likeness (QED) is 0.367. The van der Waals surface area contributed by atoms with Gasteiger partial charge in [-0.3, -0.25) is 4.98 Å². The normalized spacial score (nSPS) is 21.8. The Bertz CT molecular complexity index is 980. The maximum Gasteiger partial charge on any atom is 0.415 e. The fourth-order valence-corrected chi connectivity index (χ4v) is 5.13. The Kier molecular flexibility index (Phi) is 11.0. The van der Waals surface area contributed by atoms with Gasteiger partial charge in [0.25, 0.3) is 0 Å². The molecule has 6 nitrogen and oxygen atoms in total. The number of ether oxygens (including phenoxy) is 1. The van der Waals surface area contributed by atoms with E-state index in [0.717, 1.165) is 87.5 Å². The molecule has 1 saturated carbocycles. The summed E-state index contributed by atoms with van der Waals surface area (Å²) in [5, 5.41) is 16.0. The molecule has 0 radical (unpaired) electrons. The number of halogens is 4. The number of nitrogens with one attached hydrogen (secondary N) is 2. The predicted octanol–water partition coefficient (Wildman–Crippen LogP) is 5.89. The first-order chi connectivity index (χ1) is 17.3. The van der Waals surface area contributed by atoms with Gasteiger partial charge in [-0.05, 0) is 75.0 Å². The molecule has 206 valence electrons. The molecule has 2 aromatic heterocycles. The molecule has 1 aliphatic carbocycles. The van der Waals surface area contributed by atoms with Gasteiger partial charge in [-0.15, -0.1) is 0 Å². The number of hydrogen-bond acceptors (Lipinski definition) is 6. The van der Waals surface area contributed by atoms with E-state index in [0.29, 0.717) is 16.9 Å². The second kappa shape index (κ2) is 13.7. The maximum absolute atomic E-state index is 12.5. The monoisotopic (exact) mass is 542 g/mol. The minimum absolute atomic E-state index is 0. The molecule has 3 N–H and O–H groups in total. The molecule has 2 aliphatic rings. The number of hydrogen-bond donors (Lipinski definition) is 3. The fraction of sp³-hybridized carbons (Fsp3) is 0.630. The van der Waals surface area contributed by atoms with Gasteiger partial charge in [0.05, 0.1) is 10.7 Å². The van der Waals surface area contributed by atoms with E-state index in [1.54, 1.807) is 6.20 Å². The van der Waals surface area contributed by atoms with Gasteiger partial charge in [0, 0.05) is 49.8 Å². The molecule has 10 heteroatoms. The van der Waals surface area contributed by atoms with E-state index in [-0.39, 0.29) is 13.5 Å². The number of rotatable bonds is 9. The van der Waals surface area contributed by atoms with Crippen molar-refractivity contribution in [2.24, 2.45) is 11.8 Å². The molecule has 0 aromatic carbocycles. The number of aromatic nitrogens is 2. The zero-order valence-corrected chi connectivity index (χ0v) is 21.0. The number of pyridine rings is 2. The van der Waals surface area contributed by atoms with Gasteiger partial charge in [0.1, 0.15) is 5.82 Å². The molecule has 0 spiro atoms. The van der Waals surface area contributed by atoms with Gasteiger partial charge < -0.3 is 20.5 Å². The van der Waals surface area contributed by atoms with Crippen molar-refractivity contribution >= 4 is 17.4 Å². The van der Waals surface area contributed by atoms with Crippen molar-refractivity contribution in [3.8, 4) is 11.3 Å². The highest BCUT2D eigenvalue weighted by molar-refractivity contribution is 6.33. The summed E-state index contributed by atoms with van der Waals surface area (Å²) in [5.74, 6) is 1.80. The van der Waals surface area contributed by atoms with Gasteiger partial charge in [-0.1, -0.05) is 25.1 Å². The second-order valence-electron chi connectivity index (χ2n) is 9.89. The lowest BCUT2D eigenvalue weighted by atomic mass is 9.83. The summed E-state index contributed by atoms with van der Waals surface area (Å²) < 4.78 is 43.0. The molecule has 2 aromatic rings. The third-order valence-electron chi connectivity index (χ3n) is 7.17. The summed E-state index contributed by atoms with van der Waals surface area (Å²) in [4.78, 5) is 9.30. The van der Waals surface area contributed by atoms with Gasteiger partial charge in [-0.25, -0.2) is 4.98 Å². The van der Waals surface area contributed by atoms with Crippen LogP contribution in [0.4, 0.5) is 19.0 Å². The van der Waals surface area contributed by atoms with Crippen molar-refractivity contribution in [2.75, 3.05) is 31.6 Å². The number of alkyl halides is 3. The van der Waals surface area contributed by atoms with Crippen molar-refractivity contribution in [1.82, 2.24) is 15.3 Å². The van der Waals surface area contributed by atoms with Gasteiger partial charge in [0.15, 0.2) is 6.10 Å². The summed E-state index contributed by atoms with van der Waals surface area (Å²) in [5.41, 5.74) is 2.56. The smallest absolute Gasteiger partial charge is 0.382 e. The molecule has 0 bridgehead atoms. The third-order valence-corrected chi connectivity index (χ3v) is 7.47. The minimum Gasteiger partial charge on any atom is -0.382 e. The number of aliphatic hydroxyl groups is 1. The molecule has 0 unspecified atom stereocenters. The topological polar surface area (TPSA) is 79.3 Å². The van der Waals surface area contributed by atoms with Crippen molar-refractivity contribution in [1.29, 1.82) is 0 Å². The van der Waals surface area contributed by atoms with Crippen LogP contribution in [0.2, 0.25) is 5.02 Å². The maximum atomic E-state index is 12.5. The molecule has 37 heavy (non-hydrogen) atoms. The Morgan fingerprint density at radius 2 is 1.81 bits per heavy atom. The Balaban J connectivity index is 0.00000380. The van der Waals surface area contributed by atoms with Crippen LogP contribution >= 0.6 is 11.6 Å². The fourth-order valence-electron chi connectivity index (χ4n) is 4.93. The summed E-state index contributed by atoms with van der Waals surface area (Å²) in [7, 11) is 0. The largest absolute Gasteiger partial charge is 0.415 e. The Morgan fingerprint density at radius 3 is 2.51 bits per heavy atom. The molecule has 2 fully saturated rings. The average Bonchev–Trinajstić information content (AvgIpc) is 2.88. The zero-order valence-electron chi connectivity index (χ0n) is 20.2. The first-order valence-electron chi connectivity index (χ1n) is 12.7. The van der Waals surface area contributed by atoms with Crippen molar-refractivity contribution in [3.63, 3.8) is 0 Å². The molecule has 1 saturated heterocycles. The Morgan fingerprint density at radius 1 is 1.08 bits per heavy atom. The molecule has 4 rings (SSSR count). The van der Waals surface area contributed by atoms with Gasteiger partial charge >= 0.3 is 6.18 Å². The molecular weight excluding hydrogens is 505 g/mol. The number of nitrogens with zero attached hydrogens (tertiary/aromatic N) is 2. The standard InChI is InChI=1S/C26H34ClF3N4O2.CH4/c27-22-15-31-20(12-17-4-6-19(7-5-17)32-16-24(35)26(28,29)30)13-21(22)23-2-1-3-25(34-23)33-14-18-8-10-36-11-9-18;/h1-3,13,15,17-19,24,32,35H,4-12,14,16H2,(H,33,34);1H4/t17?,19?,24-;/m0./s1. The molecule has 1 atom stereocenters. The van der Waals surface area contributed by atoms with E-state index < -0.39 is 18.8 Å². The van der Waals surface area contributed by atoms with E-state index in [2.05, 4.69) is 15.6 Å². The summed E-state index contributed by atoms with van der Waals surface area (Å²) in [6.07, 6.45) is 0.988. The number of anilines is 1. The van der Waals surface area contributed by atoms with E-state index in [4.69, 9.17) is 21.3 Å². The predicted molar refractivity (Wildman–Crippen MR) is 141 cm³/mol. The molecule has 3 heterocycles. The lowest BCUT2D eigenvalue weighted by Crippen LogP contribution is -2.43. The second-order valence-corrected chi connectivity index (χ2v) is 10.3. The van der Waals surface area contributed by atoms with Crippen LogP contribution in [0.15, 0.2) is 30.5 Å². The van der Waals surface area contributed by atoms with Gasteiger partial charge in [0.2, 0.25) is 0 Å². The first kappa shape index (κ1) is 29.6. The van der Waals surface area contributed by atoms with E-state index >= 15 is 0 Å². The van der Waals surface area contributed by atoms with Crippen LogP contribution in [0.25, 0.3) is 11.3 Å². The SMILES string of the molecule is C.O[C@@H](CNC1CCC(Cc2cc(-c3cccc(NCC4CCOCC4)n3)c(Cl)cn2)CC1)C(F)(F)F. The first-order valence-corrected chi connectivity index (χ1v) is 13.1. The molecular formula is C27H38ClF3N4O2. The van der Waals surface area contributed by atoms with Gasteiger partial charge in [-0.2, -0.15) is 13.2 Å². The van der Waals surface area contributed by atoms with Crippen LogP contribution in [0.5, 0.6) is 0 Å². The third kappa shape index (κ3) is 8.80. The van der Waals surface area contributed by atoms with Crippen LogP contribution in [0.3, 0.4) is 0 Å². The van der Waals surface area contributed by atoms with Crippen molar-refractivity contribution in [3.05, 3.63) is 41.2 Å². The van der Waals surface area contributed by atoms with E-state index in [1.807, 2.05) is 24.3 Å². The summed E-state index contributed by atoms with van der Waals surface area (Å²) in [6.45, 7) is 2.03. The Labute approximate surface area is 222 Å². The zero-order chi connectivity index (χ0) is 25.5. The lowest BCUT2D eigenvalue weighted by molar-refractivity contribution is -0.202. The average molecular weight is 543 g/mol. The summed E-state index contributed by atoms with van der Waals surface area (Å²) in [6, 6.07) is 7.86. The van der Waals surface area contributed by atoms with Crippen molar-refractivity contribution < 1.29 is 23.0 Å². The highest BCUT2D eigenvalue weighted by Gasteiger charge is 2.38. The Hall–Kier alpha value is -1.94. The summed E-state index contributed by atoms with van der Waals surface area (Å²) >= 11 is 6.49. The van der Waals surface area contributed by atoms with E-state index in [1.165, 1.54) is 0 Å². The molecule has 1 aliphatic heterocycles. The van der Waals surface area contributed by atoms with Crippen LogP contribution in [-0.4, -0.2) is 59.7 Å². The van der Waals surface area contributed by atoms with Crippen LogP contribution in [0, 0.1) is 11.8 Å². The molecule has 0 amide bonds.